The summed E-state index contributed by atoms with van der Waals surface area (Å²) in [5.41, 5.74) is 0. The fourth-order valence-electron chi connectivity index (χ4n) is 1.32. The molecule has 0 aromatic heterocycles. The molecular formula is C11H24N2O2. The summed E-state index contributed by atoms with van der Waals surface area (Å²) in [6.07, 6.45) is 0.942. The van der Waals surface area contributed by atoms with Gasteiger partial charge in [-0.2, -0.15) is 0 Å². The van der Waals surface area contributed by atoms with Gasteiger partial charge < -0.3 is 15.3 Å². The smallest absolute Gasteiger partial charge is 0.222 e. The summed E-state index contributed by atoms with van der Waals surface area (Å²) in [6.45, 7) is 7.13. The van der Waals surface area contributed by atoms with Crippen LogP contribution in [0.3, 0.4) is 0 Å². The van der Waals surface area contributed by atoms with E-state index in [0.717, 1.165) is 13.0 Å². The first-order valence-corrected chi connectivity index (χ1v) is 5.59. The Morgan fingerprint density at radius 2 is 2.00 bits per heavy atom. The maximum Gasteiger partial charge on any atom is 0.222 e. The molecule has 0 heterocycles. The fraction of sp³-hybridized carbons (Fsp3) is 0.909. The zero-order valence-electron chi connectivity index (χ0n) is 10.3. The molecule has 1 atom stereocenters. The SMILES string of the molecule is CC(O)CN(C)C(=O)CCCNC(C)C. The minimum absolute atomic E-state index is 0.0986. The molecule has 0 aromatic carbocycles. The van der Waals surface area contributed by atoms with Gasteiger partial charge in [-0.1, -0.05) is 13.8 Å². The van der Waals surface area contributed by atoms with Crippen molar-refractivity contribution in [1.82, 2.24) is 10.2 Å². The highest BCUT2D eigenvalue weighted by atomic mass is 16.3. The lowest BCUT2D eigenvalue weighted by atomic mass is 10.2. The number of nitrogens with one attached hydrogen (secondary N) is 1. The van der Waals surface area contributed by atoms with Crippen molar-refractivity contribution in [1.29, 1.82) is 0 Å². The molecule has 15 heavy (non-hydrogen) atoms. The maximum atomic E-state index is 11.5. The Kier molecular flexibility index (Phi) is 7.34. The van der Waals surface area contributed by atoms with Crippen molar-refractivity contribution < 1.29 is 9.90 Å². The van der Waals surface area contributed by atoms with Crippen LogP contribution in [0.1, 0.15) is 33.6 Å². The summed E-state index contributed by atoms with van der Waals surface area (Å²) >= 11 is 0. The third-order valence-electron chi connectivity index (χ3n) is 2.08. The maximum absolute atomic E-state index is 11.5. The van der Waals surface area contributed by atoms with Crippen molar-refractivity contribution in [3.05, 3.63) is 0 Å². The van der Waals surface area contributed by atoms with E-state index in [9.17, 15) is 4.79 Å². The van der Waals surface area contributed by atoms with Crippen LogP contribution in [0.25, 0.3) is 0 Å². The van der Waals surface area contributed by atoms with Gasteiger partial charge in [0.2, 0.25) is 5.91 Å². The molecule has 4 nitrogen and oxygen atoms in total. The Labute approximate surface area is 92.7 Å². The van der Waals surface area contributed by atoms with E-state index < -0.39 is 6.10 Å². The minimum atomic E-state index is -0.451. The number of hydrogen-bond donors (Lipinski definition) is 2. The minimum Gasteiger partial charge on any atom is -0.392 e. The average molecular weight is 216 g/mol. The lowest BCUT2D eigenvalue weighted by Crippen LogP contribution is -2.33. The predicted molar refractivity (Wildman–Crippen MR) is 61.7 cm³/mol. The molecule has 0 aliphatic rings. The number of hydrogen-bond acceptors (Lipinski definition) is 3. The molecule has 90 valence electrons. The average Bonchev–Trinajstić information content (AvgIpc) is 2.10. The Morgan fingerprint density at radius 3 is 2.47 bits per heavy atom. The van der Waals surface area contributed by atoms with Crippen molar-refractivity contribution in [3.63, 3.8) is 0 Å². The summed E-state index contributed by atoms with van der Waals surface area (Å²) in [7, 11) is 1.73. The van der Waals surface area contributed by atoms with Crippen LogP contribution in [0.15, 0.2) is 0 Å². The molecule has 0 spiro atoms. The van der Waals surface area contributed by atoms with Crippen molar-refractivity contribution in [2.24, 2.45) is 0 Å². The van der Waals surface area contributed by atoms with Gasteiger partial charge in [0.1, 0.15) is 0 Å². The lowest BCUT2D eigenvalue weighted by molar-refractivity contribution is -0.131. The molecule has 1 unspecified atom stereocenters. The Morgan fingerprint density at radius 1 is 1.40 bits per heavy atom. The number of amides is 1. The molecule has 0 saturated heterocycles. The molecular weight excluding hydrogens is 192 g/mol. The Hall–Kier alpha value is -0.610. The Bertz CT molecular complexity index is 181. The van der Waals surface area contributed by atoms with Crippen LogP contribution < -0.4 is 5.32 Å². The number of carbonyl (C=O) groups is 1. The fourth-order valence-corrected chi connectivity index (χ4v) is 1.32. The Balaban J connectivity index is 3.56. The number of carbonyl (C=O) groups excluding carboxylic acids is 1. The van der Waals surface area contributed by atoms with E-state index in [1.54, 1.807) is 18.9 Å². The molecule has 2 N–H and O–H groups in total. The second-order valence-corrected chi connectivity index (χ2v) is 4.34. The number of rotatable bonds is 7. The van der Waals surface area contributed by atoms with Crippen LogP contribution in [0, 0.1) is 0 Å². The molecule has 0 bridgehead atoms. The molecule has 0 aromatic rings. The number of nitrogens with zero attached hydrogens (tertiary/aromatic N) is 1. The molecule has 0 radical (unpaired) electrons. The van der Waals surface area contributed by atoms with Gasteiger partial charge in [-0.3, -0.25) is 4.79 Å². The number of aliphatic hydroxyl groups excluding tert-OH is 1. The van der Waals surface area contributed by atoms with Crippen LogP contribution in [0.4, 0.5) is 0 Å². The molecule has 1 amide bonds. The number of aliphatic hydroxyl groups is 1. The van der Waals surface area contributed by atoms with Crippen LogP contribution in [-0.2, 0) is 4.79 Å². The van der Waals surface area contributed by atoms with E-state index in [1.807, 2.05) is 0 Å². The van der Waals surface area contributed by atoms with Crippen LogP contribution in [0.2, 0.25) is 0 Å². The van der Waals surface area contributed by atoms with E-state index in [0.29, 0.717) is 19.0 Å². The first kappa shape index (κ1) is 14.4. The first-order valence-electron chi connectivity index (χ1n) is 5.59. The van der Waals surface area contributed by atoms with E-state index in [-0.39, 0.29) is 5.91 Å². The largest absolute Gasteiger partial charge is 0.392 e. The van der Waals surface area contributed by atoms with Crippen molar-refractivity contribution in [3.8, 4) is 0 Å². The van der Waals surface area contributed by atoms with Crippen LogP contribution >= 0.6 is 0 Å². The molecule has 0 rings (SSSR count). The zero-order chi connectivity index (χ0) is 11.8. The van der Waals surface area contributed by atoms with Gasteiger partial charge in [-0.15, -0.1) is 0 Å². The second-order valence-electron chi connectivity index (χ2n) is 4.34. The van der Waals surface area contributed by atoms with Crippen LogP contribution in [-0.4, -0.2) is 48.2 Å². The molecule has 0 aliphatic carbocycles. The van der Waals surface area contributed by atoms with Gasteiger partial charge in [0.15, 0.2) is 0 Å². The quantitative estimate of drug-likeness (QED) is 0.613. The van der Waals surface area contributed by atoms with E-state index in [4.69, 9.17) is 5.11 Å². The van der Waals surface area contributed by atoms with E-state index in [1.165, 1.54) is 0 Å². The van der Waals surface area contributed by atoms with Gasteiger partial charge in [0.05, 0.1) is 6.10 Å². The molecule has 4 heteroatoms. The van der Waals surface area contributed by atoms with E-state index in [2.05, 4.69) is 19.2 Å². The summed E-state index contributed by atoms with van der Waals surface area (Å²) in [6, 6.07) is 0.468. The third kappa shape index (κ3) is 8.39. The zero-order valence-corrected chi connectivity index (χ0v) is 10.3. The summed E-state index contributed by atoms with van der Waals surface area (Å²) < 4.78 is 0. The third-order valence-corrected chi connectivity index (χ3v) is 2.08. The summed E-state index contributed by atoms with van der Waals surface area (Å²) in [4.78, 5) is 13.1. The van der Waals surface area contributed by atoms with Gasteiger partial charge in [0, 0.05) is 26.1 Å². The van der Waals surface area contributed by atoms with Gasteiger partial charge >= 0.3 is 0 Å². The highest BCUT2D eigenvalue weighted by molar-refractivity contribution is 5.75. The molecule has 0 aliphatic heterocycles. The summed E-state index contributed by atoms with van der Waals surface area (Å²) in [5.74, 6) is 0.0986. The van der Waals surface area contributed by atoms with Crippen molar-refractivity contribution >= 4 is 5.91 Å². The summed E-state index contributed by atoms with van der Waals surface area (Å²) in [5, 5.41) is 12.4. The number of likely N-dealkylation sites (N-methyl/N-ethyl adjacent to an activating group) is 1. The monoisotopic (exact) mass is 216 g/mol. The van der Waals surface area contributed by atoms with Crippen LogP contribution in [0.5, 0.6) is 0 Å². The van der Waals surface area contributed by atoms with Crippen molar-refractivity contribution in [2.75, 3.05) is 20.1 Å². The van der Waals surface area contributed by atoms with Gasteiger partial charge in [-0.05, 0) is 19.9 Å². The van der Waals surface area contributed by atoms with Gasteiger partial charge in [-0.25, -0.2) is 0 Å². The molecule has 0 fully saturated rings. The second kappa shape index (κ2) is 7.65. The lowest BCUT2D eigenvalue weighted by Gasteiger charge is -2.18. The molecule has 0 saturated carbocycles. The van der Waals surface area contributed by atoms with Crippen molar-refractivity contribution in [2.45, 2.75) is 45.8 Å². The predicted octanol–water partition coefficient (Wildman–Crippen LogP) is 0.604. The normalized spacial score (nSPS) is 12.9. The highest BCUT2D eigenvalue weighted by Crippen LogP contribution is 1.96. The first-order chi connectivity index (χ1) is 6.93. The van der Waals surface area contributed by atoms with E-state index >= 15 is 0 Å². The highest BCUT2D eigenvalue weighted by Gasteiger charge is 2.09. The topological polar surface area (TPSA) is 52.6 Å². The standard InChI is InChI=1S/C11H24N2O2/c1-9(2)12-7-5-6-11(15)13(4)8-10(3)14/h9-10,12,14H,5-8H2,1-4H3. The van der Waals surface area contributed by atoms with Gasteiger partial charge in [0.25, 0.3) is 0 Å².